The van der Waals surface area contributed by atoms with E-state index in [1.807, 2.05) is 14.0 Å². The summed E-state index contributed by atoms with van der Waals surface area (Å²) >= 11 is 0. The van der Waals surface area contributed by atoms with Crippen LogP contribution >= 0.6 is 0 Å². The summed E-state index contributed by atoms with van der Waals surface area (Å²) in [5, 5.41) is 0. The first-order valence-electron chi connectivity index (χ1n) is 14.9. The highest BCUT2D eigenvalue weighted by molar-refractivity contribution is 5.99. The largest absolute Gasteiger partial charge is 0.466 e. The Bertz CT molecular complexity index is 719. The van der Waals surface area contributed by atoms with Crippen LogP contribution in [0.3, 0.4) is 0 Å². The number of nitrogens with zero attached hydrogens (tertiary/aromatic N) is 1. The molecule has 0 aliphatic rings. The van der Waals surface area contributed by atoms with Crippen LogP contribution in [-0.4, -0.2) is 22.9 Å². The minimum atomic E-state index is -0.216. The molecule has 1 aromatic heterocycles. The third-order valence-corrected chi connectivity index (χ3v) is 7.34. The molecule has 0 aromatic carbocycles. The molecule has 0 spiro atoms. The third-order valence-electron chi connectivity index (χ3n) is 7.34. The van der Waals surface area contributed by atoms with E-state index in [4.69, 9.17) is 4.74 Å². The second-order valence-corrected chi connectivity index (χ2v) is 10.1. The van der Waals surface area contributed by atoms with Crippen LogP contribution < -0.4 is 0 Å². The number of Topliss-reactive ketones (excluding diaryl/α,β-unsaturated/α-hetero) is 1. The Labute approximate surface area is 216 Å². The number of carbonyl (C=O) groups is 2. The molecule has 4 heteroatoms. The lowest BCUT2D eigenvalue weighted by Crippen LogP contribution is -2.12. The quantitative estimate of drug-likeness (QED) is 0.0929. The van der Waals surface area contributed by atoms with Gasteiger partial charge in [0, 0.05) is 30.4 Å². The normalized spacial score (nSPS) is 11.2. The Morgan fingerprint density at radius 3 is 1.57 bits per heavy atom. The van der Waals surface area contributed by atoms with Gasteiger partial charge in [0.2, 0.25) is 0 Å². The molecule has 0 saturated heterocycles. The molecule has 202 valence electrons. The summed E-state index contributed by atoms with van der Waals surface area (Å²) in [6.45, 7) is 8.66. The molecule has 0 bridgehead atoms. The molecular weight excluding hydrogens is 434 g/mol. The third kappa shape index (κ3) is 11.8. The Kier molecular flexibility index (Phi) is 17.6. The van der Waals surface area contributed by atoms with Crippen LogP contribution in [0.4, 0.5) is 0 Å². The van der Waals surface area contributed by atoms with Crippen molar-refractivity contribution in [1.29, 1.82) is 0 Å². The second kappa shape index (κ2) is 19.6. The summed E-state index contributed by atoms with van der Waals surface area (Å²) in [4.78, 5) is 25.3. The summed E-state index contributed by atoms with van der Waals surface area (Å²) in [5.41, 5.74) is 3.93. The number of esters is 1. The second-order valence-electron chi connectivity index (χ2n) is 10.1. The van der Waals surface area contributed by atoms with E-state index < -0.39 is 0 Å². The lowest BCUT2D eigenvalue weighted by Gasteiger charge is -2.07. The van der Waals surface area contributed by atoms with Crippen LogP contribution in [0.25, 0.3) is 0 Å². The fraction of sp³-hybridized carbons (Fsp3) is 0.806. The monoisotopic (exact) mass is 489 g/mol. The SMILES string of the molecule is CCCCCCCCCCCCCCCCCC(=O)c1c(CC)c(CC(=O)OCC)n(C)c1CC. The van der Waals surface area contributed by atoms with Crippen LogP contribution in [0.5, 0.6) is 0 Å². The van der Waals surface area contributed by atoms with Gasteiger partial charge in [0.15, 0.2) is 5.78 Å². The van der Waals surface area contributed by atoms with E-state index in [0.29, 0.717) is 13.0 Å². The number of ketones is 1. The van der Waals surface area contributed by atoms with E-state index in [0.717, 1.165) is 48.2 Å². The van der Waals surface area contributed by atoms with Crippen LogP contribution in [-0.2, 0) is 35.8 Å². The standard InChI is InChI=1S/C31H55NO3/c1-6-10-11-12-13-14-15-16-17-18-19-20-21-22-23-24-29(33)31-26(7-2)28(25-30(34)35-9-4)32(5)27(31)8-3/h6-25H2,1-5H3. The zero-order chi connectivity index (χ0) is 25.9. The van der Waals surface area contributed by atoms with Crippen LogP contribution in [0.15, 0.2) is 0 Å². The van der Waals surface area contributed by atoms with E-state index in [-0.39, 0.29) is 18.2 Å². The topological polar surface area (TPSA) is 48.3 Å². The predicted octanol–water partition coefficient (Wildman–Crippen LogP) is 8.70. The number of ether oxygens (including phenoxy) is 1. The van der Waals surface area contributed by atoms with Gasteiger partial charge in [-0.3, -0.25) is 9.59 Å². The molecule has 0 aliphatic heterocycles. The van der Waals surface area contributed by atoms with Crippen molar-refractivity contribution in [3.63, 3.8) is 0 Å². The average molecular weight is 490 g/mol. The first-order chi connectivity index (χ1) is 17.0. The Hall–Kier alpha value is -1.58. The molecule has 1 aromatic rings. The Morgan fingerprint density at radius 1 is 0.657 bits per heavy atom. The van der Waals surface area contributed by atoms with E-state index in [9.17, 15) is 9.59 Å². The maximum absolute atomic E-state index is 13.2. The van der Waals surface area contributed by atoms with Crippen molar-refractivity contribution in [3.05, 3.63) is 22.5 Å². The lowest BCUT2D eigenvalue weighted by atomic mass is 9.96. The van der Waals surface area contributed by atoms with Crippen molar-refractivity contribution in [2.75, 3.05) is 6.61 Å². The van der Waals surface area contributed by atoms with Gasteiger partial charge in [0.1, 0.15) is 0 Å². The van der Waals surface area contributed by atoms with Gasteiger partial charge < -0.3 is 9.30 Å². The molecule has 1 rings (SSSR count). The molecule has 35 heavy (non-hydrogen) atoms. The number of hydrogen-bond donors (Lipinski definition) is 0. The zero-order valence-electron chi connectivity index (χ0n) is 23.8. The van der Waals surface area contributed by atoms with Crippen molar-refractivity contribution in [1.82, 2.24) is 4.57 Å². The molecule has 0 saturated carbocycles. The number of aromatic nitrogens is 1. The van der Waals surface area contributed by atoms with Crippen molar-refractivity contribution < 1.29 is 14.3 Å². The van der Waals surface area contributed by atoms with Gasteiger partial charge in [0.05, 0.1) is 13.0 Å². The van der Waals surface area contributed by atoms with Crippen molar-refractivity contribution in [3.8, 4) is 0 Å². The molecule has 0 atom stereocenters. The summed E-state index contributed by atoms with van der Waals surface area (Å²) in [7, 11) is 1.98. The first kappa shape index (κ1) is 31.4. The molecule has 0 N–H and O–H groups in total. The van der Waals surface area contributed by atoms with Gasteiger partial charge in [0.25, 0.3) is 0 Å². The molecule has 4 nitrogen and oxygen atoms in total. The van der Waals surface area contributed by atoms with Crippen LogP contribution in [0.2, 0.25) is 0 Å². The van der Waals surface area contributed by atoms with Crippen LogP contribution in [0.1, 0.15) is 158 Å². The molecule has 0 unspecified atom stereocenters. The first-order valence-corrected chi connectivity index (χ1v) is 14.9. The van der Waals surface area contributed by atoms with E-state index in [2.05, 4.69) is 25.3 Å². The van der Waals surface area contributed by atoms with E-state index >= 15 is 0 Å². The van der Waals surface area contributed by atoms with E-state index in [1.165, 1.54) is 83.5 Å². The highest BCUT2D eigenvalue weighted by Crippen LogP contribution is 2.27. The average Bonchev–Trinajstić information content (AvgIpc) is 3.11. The number of rotatable bonds is 22. The highest BCUT2D eigenvalue weighted by atomic mass is 16.5. The van der Waals surface area contributed by atoms with Gasteiger partial charge in [-0.25, -0.2) is 0 Å². The van der Waals surface area contributed by atoms with Gasteiger partial charge in [-0.15, -0.1) is 0 Å². The summed E-state index contributed by atoms with van der Waals surface area (Å²) in [6, 6.07) is 0. The fourth-order valence-corrected chi connectivity index (χ4v) is 5.33. The molecular formula is C31H55NO3. The van der Waals surface area contributed by atoms with Gasteiger partial charge in [-0.2, -0.15) is 0 Å². The maximum Gasteiger partial charge on any atom is 0.311 e. The molecule has 0 radical (unpaired) electrons. The lowest BCUT2D eigenvalue weighted by molar-refractivity contribution is -0.142. The highest BCUT2D eigenvalue weighted by Gasteiger charge is 2.25. The molecule has 0 amide bonds. The Balaban J connectivity index is 2.30. The maximum atomic E-state index is 13.2. The minimum Gasteiger partial charge on any atom is -0.466 e. The summed E-state index contributed by atoms with van der Waals surface area (Å²) in [6.07, 6.45) is 22.4. The number of unbranched alkanes of at least 4 members (excludes halogenated alkanes) is 14. The smallest absolute Gasteiger partial charge is 0.311 e. The van der Waals surface area contributed by atoms with Crippen molar-refractivity contribution >= 4 is 11.8 Å². The summed E-state index contributed by atoms with van der Waals surface area (Å²) in [5.74, 6) is 0.0333. The predicted molar refractivity (Wildman–Crippen MR) is 148 cm³/mol. The number of carbonyl (C=O) groups excluding carboxylic acids is 2. The molecule has 0 aliphatic carbocycles. The minimum absolute atomic E-state index is 0.216. The molecule has 1 heterocycles. The summed E-state index contributed by atoms with van der Waals surface area (Å²) < 4.78 is 7.23. The van der Waals surface area contributed by atoms with E-state index in [1.54, 1.807) is 0 Å². The van der Waals surface area contributed by atoms with Crippen LogP contribution in [0, 0.1) is 0 Å². The van der Waals surface area contributed by atoms with Gasteiger partial charge in [-0.05, 0) is 31.7 Å². The molecule has 0 fully saturated rings. The Morgan fingerprint density at radius 2 is 1.14 bits per heavy atom. The fourth-order valence-electron chi connectivity index (χ4n) is 5.33. The van der Waals surface area contributed by atoms with Gasteiger partial charge >= 0.3 is 5.97 Å². The van der Waals surface area contributed by atoms with Crippen molar-refractivity contribution in [2.45, 2.75) is 150 Å². The zero-order valence-corrected chi connectivity index (χ0v) is 23.8. The van der Waals surface area contributed by atoms with Gasteiger partial charge in [-0.1, -0.05) is 111 Å². The number of hydrogen-bond acceptors (Lipinski definition) is 3. The van der Waals surface area contributed by atoms with Crippen molar-refractivity contribution in [2.24, 2.45) is 7.05 Å².